The molecule has 0 saturated heterocycles. The number of aryl methyl sites for hydroxylation is 2. The van der Waals surface area contributed by atoms with E-state index in [0.717, 1.165) is 10.6 Å². The SMILES string of the molecule is Cc1cnc(NN)nc1Sc1nnnn1C. The largest absolute Gasteiger partial charge is 0.292 e. The number of nitrogens with one attached hydrogen (secondary N) is 1. The quantitative estimate of drug-likeness (QED) is 0.428. The van der Waals surface area contributed by atoms with Gasteiger partial charge in [-0.05, 0) is 29.1 Å². The molecule has 8 nitrogen and oxygen atoms in total. The fourth-order valence-electron chi connectivity index (χ4n) is 0.993. The number of hydrogen-bond acceptors (Lipinski definition) is 8. The van der Waals surface area contributed by atoms with E-state index in [1.54, 1.807) is 17.9 Å². The molecule has 0 unspecified atom stereocenters. The zero-order chi connectivity index (χ0) is 11.5. The molecule has 2 aromatic heterocycles. The van der Waals surface area contributed by atoms with Gasteiger partial charge in [0.2, 0.25) is 11.1 Å². The molecule has 2 aromatic rings. The molecule has 0 bridgehead atoms. The maximum absolute atomic E-state index is 5.24. The van der Waals surface area contributed by atoms with E-state index in [-0.39, 0.29) is 0 Å². The zero-order valence-corrected chi connectivity index (χ0v) is 9.56. The van der Waals surface area contributed by atoms with Crippen molar-refractivity contribution < 1.29 is 0 Å². The minimum Gasteiger partial charge on any atom is -0.292 e. The van der Waals surface area contributed by atoms with Crippen LogP contribution in [0.1, 0.15) is 5.56 Å². The Morgan fingerprint density at radius 2 is 2.31 bits per heavy atom. The molecule has 2 heterocycles. The number of tetrazole rings is 1. The third-order valence-corrected chi connectivity index (χ3v) is 2.96. The maximum Gasteiger partial charge on any atom is 0.238 e. The molecule has 0 aliphatic carbocycles. The van der Waals surface area contributed by atoms with Crippen LogP contribution in [0, 0.1) is 6.92 Å². The average molecular weight is 238 g/mol. The highest BCUT2D eigenvalue weighted by Gasteiger charge is 2.09. The van der Waals surface area contributed by atoms with Crippen LogP contribution in [-0.4, -0.2) is 30.2 Å². The standard InChI is InChI=1S/C7H10N8S/c1-4-3-9-6(11-8)10-5(4)16-7-12-13-14-15(7)2/h3H,8H2,1-2H3,(H,9,10,11). The van der Waals surface area contributed by atoms with Gasteiger partial charge < -0.3 is 0 Å². The van der Waals surface area contributed by atoms with E-state index >= 15 is 0 Å². The molecule has 0 fully saturated rings. The van der Waals surface area contributed by atoms with E-state index < -0.39 is 0 Å². The molecule has 0 atom stereocenters. The van der Waals surface area contributed by atoms with Gasteiger partial charge in [0.1, 0.15) is 5.03 Å². The minimum atomic E-state index is 0.364. The van der Waals surface area contributed by atoms with E-state index in [1.807, 2.05) is 6.92 Å². The van der Waals surface area contributed by atoms with Crippen molar-refractivity contribution in [1.82, 2.24) is 30.2 Å². The Morgan fingerprint density at radius 3 is 2.94 bits per heavy atom. The number of anilines is 1. The first-order valence-corrected chi connectivity index (χ1v) is 5.23. The Morgan fingerprint density at radius 1 is 1.50 bits per heavy atom. The van der Waals surface area contributed by atoms with E-state index in [9.17, 15) is 0 Å². The molecule has 2 rings (SSSR count). The van der Waals surface area contributed by atoms with Gasteiger partial charge in [-0.2, -0.15) is 0 Å². The van der Waals surface area contributed by atoms with Crippen LogP contribution in [0.25, 0.3) is 0 Å². The van der Waals surface area contributed by atoms with Gasteiger partial charge in [-0.25, -0.2) is 20.5 Å². The van der Waals surface area contributed by atoms with Gasteiger partial charge in [-0.3, -0.25) is 5.43 Å². The Labute approximate surface area is 95.6 Å². The fraction of sp³-hybridized carbons (Fsp3) is 0.286. The Hall–Kier alpha value is -1.74. The van der Waals surface area contributed by atoms with Crippen LogP contribution in [0.3, 0.4) is 0 Å². The molecule has 0 amide bonds. The van der Waals surface area contributed by atoms with Gasteiger partial charge in [0.05, 0.1) is 0 Å². The molecular weight excluding hydrogens is 228 g/mol. The lowest BCUT2D eigenvalue weighted by atomic mass is 10.4. The Kier molecular flexibility index (Phi) is 2.97. The lowest BCUT2D eigenvalue weighted by Gasteiger charge is -2.04. The van der Waals surface area contributed by atoms with Crippen LogP contribution in [0.5, 0.6) is 0 Å². The summed E-state index contributed by atoms with van der Waals surface area (Å²) in [4.78, 5) is 8.20. The molecule has 9 heteroatoms. The van der Waals surface area contributed by atoms with Crippen LogP contribution in [0.4, 0.5) is 5.95 Å². The zero-order valence-electron chi connectivity index (χ0n) is 8.75. The summed E-state index contributed by atoms with van der Waals surface area (Å²) >= 11 is 1.36. The lowest BCUT2D eigenvalue weighted by molar-refractivity contribution is 0.664. The van der Waals surface area contributed by atoms with Crippen molar-refractivity contribution >= 4 is 17.7 Å². The number of nitrogen functional groups attached to an aromatic ring is 1. The van der Waals surface area contributed by atoms with E-state index in [4.69, 9.17) is 5.84 Å². The van der Waals surface area contributed by atoms with Gasteiger partial charge in [0, 0.05) is 18.8 Å². The highest BCUT2D eigenvalue weighted by molar-refractivity contribution is 7.99. The summed E-state index contributed by atoms with van der Waals surface area (Å²) in [6.07, 6.45) is 1.69. The predicted octanol–water partition coefficient (Wildman–Crippen LogP) is -0.255. The summed E-state index contributed by atoms with van der Waals surface area (Å²) in [7, 11) is 1.76. The highest BCUT2D eigenvalue weighted by Crippen LogP contribution is 2.25. The topological polar surface area (TPSA) is 107 Å². The Balaban J connectivity index is 2.30. The number of nitrogens with zero attached hydrogens (tertiary/aromatic N) is 6. The molecule has 0 aromatic carbocycles. The summed E-state index contributed by atoms with van der Waals surface area (Å²) in [6.45, 7) is 1.91. The second kappa shape index (κ2) is 4.41. The molecule has 0 aliphatic heterocycles. The summed E-state index contributed by atoms with van der Waals surface area (Å²) in [5, 5.41) is 12.6. The number of nitrogens with two attached hydrogens (primary N) is 1. The first-order valence-electron chi connectivity index (χ1n) is 4.41. The van der Waals surface area contributed by atoms with Crippen LogP contribution < -0.4 is 11.3 Å². The second-order valence-electron chi connectivity index (χ2n) is 3.01. The molecule has 0 spiro atoms. The third-order valence-electron chi connectivity index (χ3n) is 1.82. The second-order valence-corrected chi connectivity index (χ2v) is 3.97. The summed E-state index contributed by atoms with van der Waals surface area (Å²) in [6, 6.07) is 0. The van der Waals surface area contributed by atoms with Crippen LogP contribution in [0.2, 0.25) is 0 Å². The lowest BCUT2D eigenvalue weighted by Crippen LogP contribution is -2.11. The molecule has 16 heavy (non-hydrogen) atoms. The average Bonchev–Trinajstić information content (AvgIpc) is 2.68. The van der Waals surface area contributed by atoms with Gasteiger partial charge in [0.25, 0.3) is 0 Å². The number of hydrogen-bond donors (Lipinski definition) is 2. The van der Waals surface area contributed by atoms with Crippen molar-refractivity contribution in [3.05, 3.63) is 11.8 Å². The molecule has 3 N–H and O–H groups in total. The van der Waals surface area contributed by atoms with Gasteiger partial charge in [-0.15, -0.1) is 5.10 Å². The summed E-state index contributed by atoms with van der Waals surface area (Å²) in [5.41, 5.74) is 3.33. The molecule has 0 radical (unpaired) electrons. The van der Waals surface area contributed by atoms with Crippen molar-refractivity contribution in [3.63, 3.8) is 0 Å². The highest BCUT2D eigenvalue weighted by atomic mass is 32.2. The van der Waals surface area contributed by atoms with Crippen LogP contribution in [-0.2, 0) is 7.05 Å². The number of hydrazine groups is 1. The van der Waals surface area contributed by atoms with E-state index in [1.165, 1.54) is 11.8 Å². The number of rotatable bonds is 3. The smallest absolute Gasteiger partial charge is 0.238 e. The fourth-order valence-corrected chi connectivity index (χ4v) is 1.76. The van der Waals surface area contributed by atoms with E-state index in [0.29, 0.717) is 11.1 Å². The molecular formula is C7H10N8S. The monoisotopic (exact) mass is 238 g/mol. The third kappa shape index (κ3) is 2.09. The summed E-state index contributed by atoms with van der Waals surface area (Å²) in [5.74, 6) is 5.61. The van der Waals surface area contributed by atoms with Crippen LogP contribution in [0.15, 0.2) is 16.4 Å². The van der Waals surface area contributed by atoms with E-state index in [2.05, 4.69) is 30.9 Å². The van der Waals surface area contributed by atoms with Crippen molar-refractivity contribution in [2.75, 3.05) is 5.43 Å². The Bertz CT molecular complexity index is 495. The molecule has 0 aliphatic rings. The first kappa shape index (κ1) is 10.8. The molecule has 0 saturated carbocycles. The predicted molar refractivity (Wildman–Crippen MR) is 57.5 cm³/mol. The van der Waals surface area contributed by atoms with Gasteiger partial charge in [0.15, 0.2) is 0 Å². The van der Waals surface area contributed by atoms with Crippen LogP contribution >= 0.6 is 11.8 Å². The first-order chi connectivity index (χ1) is 7.70. The summed E-state index contributed by atoms with van der Waals surface area (Å²) < 4.78 is 1.57. The minimum absolute atomic E-state index is 0.364. The number of aromatic nitrogens is 6. The van der Waals surface area contributed by atoms with Crippen molar-refractivity contribution in [1.29, 1.82) is 0 Å². The normalized spacial score (nSPS) is 10.4. The van der Waals surface area contributed by atoms with Crippen molar-refractivity contribution in [2.45, 2.75) is 17.1 Å². The van der Waals surface area contributed by atoms with Crippen molar-refractivity contribution in [3.8, 4) is 0 Å². The van der Waals surface area contributed by atoms with Crippen molar-refractivity contribution in [2.24, 2.45) is 12.9 Å². The molecule has 84 valence electrons. The van der Waals surface area contributed by atoms with Gasteiger partial charge >= 0.3 is 0 Å². The van der Waals surface area contributed by atoms with Gasteiger partial charge in [-0.1, -0.05) is 0 Å². The maximum atomic E-state index is 5.24.